The molecule has 2 unspecified atom stereocenters. The van der Waals surface area contributed by atoms with Gasteiger partial charge in [-0.2, -0.15) is 0 Å². The smallest absolute Gasteiger partial charge is 0.220 e. The molecular weight excluding hydrogens is 251 g/mol. The molecule has 0 heterocycles. The van der Waals surface area contributed by atoms with E-state index in [4.69, 9.17) is 23.1 Å². The number of primary amides is 1. The van der Waals surface area contributed by atoms with Crippen LogP contribution in [0.5, 0.6) is 0 Å². The van der Waals surface area contributed by atoms with Crippen molar-refractivity contribution in [2.45, 2.75) is 18.6 Å². The minimum atomic E-state index is -1.51. The van der Waals surface area contributed by atoms with Crippen LogP contribution < -0.4 is 11.5 Å². The molecule has 0 aliphatic heterocycles. The lowest BCUT2D eigenvalue weighted by Crippen LogP contribution is -2.26. The summed E-state index contributed by atoms with van der Waals surface area (Å²) >= 11 is 5.63. The molecule has 1 amide bonds. The van der Waals surface area contributed by atoms with E-state index in [-0.39, 0.29) is 16.3 Å². The number of nitrogens with two attached hydrogens (primary N) is 2. The molecule has 0 spiro atoms. The van der Waals surface area contributed by atoms with E-state index in [1.807, 2.05) is 0 Å². The Morgan fingerprint density at radius 1 is 1.47 bits per heavy atom. The van der Waals surface area contributed by atoms with Crippen molar-refractivity contribution in [3.05, 3.63) is 28.5 Å². The van der Waals surface area contributed by atoms with Crippen molar-refractivity contribution >= 4 is 23.2 Å². The Balaban J connectivity index is 3.00. The number of carbonyl (C=O) groups excluding carboxylic acids is 1. The fourth-order valence-corrected chi connectivity index (χ4v) is 1.62. The van der Waals surface area contributed by atoms with Gasteiger partial charge < -0.3 is 21.7 Å². The van der Waals surface area contributed by atoms with Crippen LogP contribution >= 0.6 is 11.6 Å². The Bertz CT molecular complexity index is 442. The predicted molar refractivity (Wildman–Crippen MR) is 60.6 cm³/mol. The van der Waals surface area contributed by atoms with E-state index >= 15 is 0 Å². The van der Waals surface area contributed by atoms with E-state index in [1.165, 1.54) is 12.1 Å². The Morgan fingerprint density at radius 2 is 2.06 bits per heavy atom. The van der Waals surface area contributed by atoms with Crippen molar-refractivity contribution in [1.29, 1.82) is 0 Å². The van der Waals surface area contributed by atoms with Crippen molar-refractivity contribution in [3.8, 4) is 0 Å². The molecule has 0 saturated heterocycles. The summed E-state index contributed by atoms with van der Waals surface area (Å²) in [5.74, 6) is -1.67. The first-order chi connectivity index (χ1) is 7.84. The number of aliphatic hydroxyl groups excluding tert-OH is 2. The molecule has 0 saturated carbocycles. The zero-order valence-corrected chi connectivity index (χ0v) is 9.49. The zero-order chi connectivity index (χ0) is 13.2. The molecule has 7 heteroatoms. The zero-order valence-electron chi connectivity index (χ0n) is 8.73. The lowest BCUT2D eigenvalue weighted by atomic mass is 10.0. The third kappa shape index (κ3) is 3.06. The summed E-state index contributed by atoms with van der Waals surface area (Å²) in [4.78, 5) is 10.6. The van der Waals surface area contributed by atoms with Crippen LogP contribution in [0.4, 0.5) is 10.1 Å². The minimum absolute atomic E-state index is 0.0490. The summed E-state index contributed by atoms with van der Waals surface area (Å²) in [7, 11) is 0. The molecule has 6 N–H and O–H groups in total. The first-order valence-electron chi connectivity index (χ1n) is 4.72. The highest BCUT2D eigenvalue weighted by Crippen LogP contribution is 2.31. The third-order valence-corrected chi connectivity index (χ3v) is 2.62. The molecule has 0 radical (unpaired) electrons. The molecule has 0 aliphatic rings. The highest BCUT2D eigenvalue weighted by molar-refractivity contribution is 6.31. The van der Waals surface area contributed by atoms with Gasteiger partial charge in [0.25, 0.3) is 0 Å². The lowest BCUT2D eigenvalue weighted by molar-refractivity contribution is -0.121. The van der Waals surface area contributed by atoms with Gasteiger partial charge in [0.1, 0.15) is 6.10 Å². The first-order valence-corrected chi connectivity index (χ1v) is 5.10. The van der Waals surface area contributed by atoms with Crippen molar-refractivity contribution < 1.29 is 19.4 Å². The van der Waals surface area contributed by atoms with Gasteiger partial charge in [0.2, 0.25) is 5.91 Å². The molecule has 0 aromatic heterocycles. The Hall–Kier alpha value is -1.37. The van der Waals surface area contributed by atoms with Crippen LogP contribution in [0.2, 0.25) is 5.02 Å². The quantitative estimate of drug-likeness (QED) is 0.586. The van der Waals surface area contributed by atoms with Gasteiger partial charge in [0.05, 0.1) is 23.2 Å². The van der Waals surface area contributed by atoms with Gasteiger partial charge in [0, 0.05) is 5.56 Å². The monoisotopic (exact) mass is 262 g/mol. The van der Waals surface area contributed by atoms with Gasteiger partial charge in [-0.15, -0.1) is 0 Å². The van der Waals surface area contributed by atoms with Gasteiger partial charge in [-0.3, -0.25) is 4.79 Å². The average molecular weight is 263 g/mol. The van der Waals surface area contributed by atoms with Crippen molar-refractivity contribution in [1.82, 2.24) is 0 Å². The molecule has 94 valence electrons. The number of rotatable bonds is 4. The molecule has 5 nitrogen and oxygen atoms in total. The highest BCUT2D eigenvalue weighted by atomic mass is 35.5. The highest BCUT2D eigenvalue weighted by Gasteiger charge is 2.24. The lowest BCUT2D eigenvalue weighted by Gasteiger charge is -2.18. The van der Waals surface area contributed by atoms with E-state index in [0.29, 0.717) is 0 Å². The largest absolute Gasteiger partial charge is 0.396 e. The number of halogens is 2. The van der Waals surface area contributed by atoms with Crippen molar-refractivity contribution in [2.24, 2.45) is 5.73 Å². The summed E-state index contributed by atoms with van der Waals surface area (Å²) in [5.41, 5.74) is 9.91. The van der Waals surface area contributed by atoms with Gasteiger partial charge in [0.15, 0.2) is 5.82 Å². The van der Waals surface area contributed by atoms with Crippen LogP contribution in [0.3, 0.4) is 0 Å². The summed E-state index contributed by atoms with van der Waals surface area (Å²) < 4.78 is 13.3. The number of amides is 1. The number of nitrogen functional groups attached to an aromatic ring is 1. The number of carbonyl (C=O) groups is 1. The first kappa shape index (κ1) is 13.7. The summed E-state index contributed by atoms with van der Waals surface area (Å²) in [6.45, 7) is 0. The second-order valence-corrected chi connectivity index (χ2v) is 3.93. The number of hydrogen-bond acceptors (Lipinski definition) is 4. The Labute approximate surface area is 102 Å². The van der Waals surface area contributed by atoms with E-state index < -0.39 is 30.4 Å². The fraction of sp³-hybridized carbons (Fsp3) is 0.300. The van der Waals surface area contributed by atoms with E-state index in [9.17, 15) is 19.4 Å². The maximum atomic E-state index is 13.3. The summed E-state index contributed by atoms with van der Waals surface area (Å²) in [6.07, 6.45) is -3.41. The minimum Gasteiger partial charge on any atom is -0.396 e. The molecule has 0 bridgehead atoms. The molecule has 0 aliphatic carbocycles. The van der Waals surface area contributed by atoms with Crippen molar-refractivity contribution in [2.75, 3.05) is 5.73 Å². The van der Waals surface area contributed by atoms with Gasteiger partial charge in [-0.25, -0.2) is 4.39 Å². The normalized spacial score (nSPS) is 14.4. The molecule has 1 aromatic carbocycles. The number of benzene rings is 1. The number of aliphatic hydroxyl groups is 2. The molecule has 1 aromatic rings. The average Bonchev–Trinajstić information content (AvgIpc) is 2.24. The van der Waals surface area contributed by atoms with Gasteiger partial charge in [-0.05, 0) is 6.07 Å². The maximum absolute atomic E-state index is 13.3. The van der Waals surface area contributed by atoms with Crippen LogP contribution in [0.1, 0.15) is 18.1 Å². The van der Waals surface area contributed by atoms with Crippen molar-refractivity contribution in [3.63, 3.8) is 0 Å². The molecule has 17 heavy (non-hydrogen) atoms. The molecule has 0 fully saturated rings. The van der Waals surface area contributed by atoms with Gasteiger partial charge >= 0.3 is 0 Å². The van der Waals surface area contributed by atoms with Crippen LogP contribution in [0.15, 0.2) is 12.1 Å². The molecule has 1 rings (SSSR count). The molecular formula is C10H12ClFN2O3. The fourth-order valence-electron chi connectivity index (χ4n) is 1.33. The second-order valence-electron chi connectivity index (χ2n) is 3.55. The van der Waals surface area contributed by atoms with E-state index in [1.54, 1.807) is 0 Å². The Morgan fingerprint density at radius 3 is 2.59 bits per heavy atom. The van der Waals surface area contributed by atoms with E-state index in [0.717, 1.165) is 0 Å². The topological polar surface area (TPSA) is 110 Å². The van der Waals surface area contributed by atoms with Gasteiger partial charge in [-0.1, -0.05) is 17.7 Å². The Kier molecular flexibility index (Phi) is 4.28. The third-order valence-electron chi connectivity index (χ3n) is 2.24. The second kappa shape index (κ2) is 5.31. The maximum Gasteiger partial charge on any atom is 0.220 e. The summed E-state index contributed by atoms with van der Waals surface area (Å²) in [5, 5.41) is 18.8. The predicted octanol–water partition coefficient (Wildman–Crippen LogP) is 0.331. The van der Waals surface area contributed by atoms with Crippen LogP contribution in [0.25, 0.3) is 0 Å². The SMILES string of the molecule is NC(=O)CC(O)C(O)c1ccc(N)c(F)c1Cl. The molecule has 2 atom stereocenters. The van der Waals surface area contributed by atoms with Crippen LogP contribution in [0, 0.1) is 5.82 Å². The number of hydrogen-bond donors (Lipinski definition) is 4. The summed E-state index contributed by atoms with van der Waals surface area (Å²) in [6, 6.07) is 2.48. The van der Waals surface area contributed by atoms with Crippen LogP contribution in [-0.2, 0) is 4.79 Å². The standard InChI is InChI=1S/C10H12ClFN2O3/c11-8-4(1-2-5(13)9(8)12)10(17)6(15)3-7(14)16/h1-2,6,10,15,17H,3,13H2,(H2,14,16). The number of anilines is 1. The van der Waals surface area contributed by atoms with Crippen LogP contribution in [-0.4, -0.2) is 22.2 Å². The van der Waals surface area contributed by atoms with E-state index in [2.05, 4.69) is 0 Å².